The fourth-order valence-electron chi connectivity index (χ4n) is 1.32. The van der Waals surface area contributed by atoms with Crippen LogP contribution in [0.25, 0.3) is 0 Å². The van der Waals surface area contributed by atoms with Crippen molar-refractivity contribution in [3.05, 3.63) is 0 Å². The van der Waals surface area contributed by atoms with Gasteiger partial charge in [-0.1, -0.05) is 6.42 Å². The minimum Gasteiger partial charge on any atom is -0.330 e. The summed E-state index contributed by atoms with van der Waals surface area (Å²) >= 11 is 0.791. The average molecular weight is 160 g/mol. The van der Waals surface area contributed by atoms with E-state index >= 15 is 0 Å². The second-order valence-electron chi connectivity index (χ2n) is 2.70. The van der Waals surface area contributed by atoms with E-state index in [2.05, 4.69) is 0 Å². The van der Waals surface area contributed by atoms with Gasteiger partial charge >= 0.3 is 0 Å². The van der Waals surface area contributed by atoms with E-state index in [1.807, 2.05) is 0 Å². The van der Waals surface area contributed by atoms with Crippen molar-refractivity contribution < 1.29 is 9.35 Å². The summed E-state index contributed by atoms with van der Waals surface area (Å²) in [4.78, 5) is 11.1. The molecule has 0 aromatic rings. The number of ketones is 1. The van der Waals surface area contributed by atoms with E-state index in [0.717, 1.165) is 37.7 Å². The number of rotatable bonds is 2. The van der Waals surface area contributed by atoms with E-state index in [1.54, 1.807) is 0 Å². The lowest BCUT2D eigenvalue weighted by atomic mass is 9.89. The van der Waals surface area contributed by atoms with Crippen molar-refractivity contribution in [2.75, 3.05) is 5.75 Å². The Morgan fingerprint density at radius 1 is 1.60 bits per heavy atom. The topological polar surface area (TPSA) is 37.3 Å². The molecule has 1 saturated carbocycles. The summed E-state index contributed by atoms with van der Waals surface area (Å²) < 4.78 is 8.50. The quantitative estimate of drug-likeness (QED) is 0.627. The monoisotopic (exact) mass is 160 g/mol. The SMILES string of the molecule is O=C1CCCCC1CSO. The van der Waals surface area contributed by atoms with Crippen LogP contribution in [0.1, 0.15) is 25.7 Å². The molecule has 1 aliphatic rings. The van der Waals surface area contributed by atoms with E-state index in [9.17, 15) is 4.79 Å². The van der Waals surface area contributed by atoms with E-state index in [4.69, 9.17) is 4.55 Å². The maximum atomic E-state index is 11.1. The zero-order chi connectivity index (χ0) is 7.40. The molecule has 0 bridgehead atoms. The highest BCUT2D eigenvalue weighted by Gasteiger charge is 2.21. The van der Waals surface area contributed by atoms with Gasteiger partial charge in [-0.25, -0.2) is 0 Å². The third kappa shape index (κ3) is 1.99. The van der Waals surface area contributed by atoms with E-state index in [0.29, 0.717) is 11.5 Å². The van der Waals surface area contributed by atoms with Crippen molar-refractivity contribution in [2.45, 2.75) is 25.7 Å². The van der Waals surface area contributed by atoms with Gasteiger partial charge in [-0.2, -0.15) is 0 Å². The van der Waals surface area contributed by atoms with Crippen LogP contribution in [-0.2, 0) is 4.79 Å². The number of Topliss-reactive ketones (excluding diaryl/α,β-unsaturated/α-hetero) is 1. The van der Waals surface area contributed by atoms with Crippen molar-refractivity contribution in [3.63, 3.8) is 0 Å². The Bertz CT molecular complexity index is 123. The highest BCUT2D eigenvalue weighted by Crippen LogP contribution is 2.22. The molecule has 0 aliphatic heterocycles. The van der Waals surface area contributed by atoms with Crippen LogP contribution >= 0.6 is 12.0 Å². The first-order valence-electron chi connectivity index (χ1n) is 3.63. The Morgan fingerprint density at radius 2 is 2.40 bits per heavy atom. The molecular formula is C7H12O2S. The van der Waals surface area contributed by atoms with Gasteiger partial charge in [-0.3, -0.25) is 4.79 Å². The summed E-state index contributed by atoms with van der Waals surface area (Å²) in [6.07, 6.45) is 3.90. The van der Waals surface area contributed by atoms with Crippen molar-refractivity contribution in [3.8, 4) is 0 Å². The largest absolute Gasteiger partial charge is 0.330 e. The molecule has 1 aliphatic carbocycles. The Labute approximate surface area is 65.2 Å². The van der Waals surface area contributed by atoms with Crippen molar-refractivity contribution in [2.24, 2.45) is 5.92 Å². The highest BCUT2D eigenvalue weighted by molar-refractivity contribution is 7.93. The summed E-state index contributed by atoms with van der Waals surface area (Å²) in [5.74, 6) is 1.08. The summed E-state index contributed by atoms with van der Waals surface area (Å²) in [7, 11) is 0. The van der Waals surface area contributed by atoms with Gasteiger partial charge in [0.05, 0.1) is 0 Å². The fraction of sp³-hybridized carbons (Fsp3) is 0.857. The average Bonchev–Trinajstić information content (AvgIpc) is 1.94. The van der Waals surface area contributed by atoms with Gasteiger partial charge in [-0.05, 0) is 24.9 Å². The Morgan fingerprint density at radius 3 is 3.00 bits per heavy atom. The molecule has 3 heteroatoms. The van der Waals surface area contributed by atoms with Crippen molar-refractivity contribution >= 4 is 17.8 Å². The molecule has 1 atom stereocenters. The molecule has 1 rings (SSSR count). The van der Waals surface area contributed by atoms with E-state index < -0.39 is 0 Å². The summed E-state index contributed by atoms with van der Waals surface area (Å²) in [5, 5.41) is 0. The molecule has 0 heterocycles. The molecular weight excluding hydrogens is 148 g/mol. The smallest absolute Gasteiger partial charge is 0.136 e. The molecule has 1 fully saturated rings. The predicted octanol–water partition coefficient (Wildman–Crippen LogP) is 1.95. The van der Waals surface area contributed by atoms with E-state index in [1.165, 1.54) is 0 Å². The summed E-state index contributed by atoms with van der Waals surface area (Å²) in [6, 6.07) is 0. The van der Waals surface area contributed by atoms with Gasteiger partial charge in [0.25, 0.3) is 0 Å². The molecule has 0 amide bonds. The fourth-order valence-corrected chi connectivity index (χ4v) is 1.85. The zero-order valence-electron chi connectivity index (χ0n) is 5.88. The maximum Gasteiger partial charge on any atom is 0.136 e. The number of hydrogen-bond donors (Lipinski definition) is 1. The molecule has 0 aromatic carbocycles. The normalized spacial score (nSPS) is 26.9. The lowest BCUT2D eigenvalue weighted by Crippen LogP contribution is -2.20. The molecule has 0 radical (unpaired) electrons. The standard InChI is InChI=1S/C7H12O2S/c8-7-4-2-1-3-6(7)5-10-9/h6,9H,1-5H2. The second-order valence-corrected chi connectivity index (χ2v) is 3.30. The van der Waals surface area contributed by atoms with Crippen LogP contribution in [-0.4, -0.2) is 16.1 Å². The summed E-state index contributed by atoms with van der Waals surface area (Å²) in [5.41, 5.74) is 0. The van der Waals surface area contributed by atoms with Gasteiger partial charge in [0, 0.05) is 18.1 Å². The zero-order valence-corrected chi connectivity index (χ0v) is 6.69. The minimum atomic E-state index is 0.142. The number of carbonyl (C=O) groups is 1. The second kappa shape index (κ2) is 3.98. The first kappa shape index (κ1) is 8.08. The minimum absolute atomic E-state index is 0.142. The third-order valence-electron chi connectivity index (χ3n) is 1.96. The van der Waals surface area contributed by atoms with Gasteiger partial charge in [0.2, 0.25) is 0 Å². The molecule has 2 nitrogen and oxygen atoms in total. The van der Waals surface area contributed by atoms with Crippen LogP contribution in [0.5, 0.6) is 0 Å². The molecule has 10 heavy (non-hydrogen) atoms. The van der Waals surface area contributed by atoms with Crippen LogP contribution in [0.15, 0.2) is 0 Å². The molecule has 0 aromatic heterocycles. The Balaban J connectivity index is 2.32. The van der Waals surface area contributed by atoms with Crippen molar-refractivity contribution in [1.82, 2.24) is 0 Å². The van der Waals surface area contributed by atoms with Gasteiger partial charge in [0.1, 0.15) is 5.78 Å². The van der Waals surface area contributed by atoms with E-state index in [-0.39, 0.29) is 5.92 Å². The van der Waals surface area contributed by atoms with Gasteiger partial charge < -0.3 is 4.55 Å². The van der Waals surface area contributed by atoms with Crippen molar-refractivity contribution in [1.29, 1.82) is 0 Å². The van der Waals surface area contributed by atoms with Crippen LogP contribution in [0, 0.1) is 5.92 Å². The molecule has 1 unspecified atom stereocenters. The molecule has 0 saturated heterocycles. The Hall–Kier alpha value is -0.0200. The first-order chi connectivity index (χ1) is 4.84. The summed E-state index contributed by atoms with van der Waals surface area (Å²) in [6.45, 7) is 0. The van der Waals surface area contributed by atoms with Crippen LogP contribution < -0.4 is 0 Å². The van der Waals surface area contributed by atoms with Gasteiger partial charge in [0.15, 0.2) is 0 Å². The third-order valence-corrected chi connectivity index (χ3v) is 2.51. The molecule has 1 N–H and O–H groups in total. The number of carbonyl (C=O) groups excluding carboxylic acids is 1. The van der Waals surface area contributed by atoms with Crippen LogP contribution in [0.2, 0.25) is 0 Å². The highest BCUT2D eigenvalue weighted by atomic mass is 32.2. The number of hydrogen-bond acceptors (Lipinski definition) is 3. The van der Waals surface area contributed by atoms with Gasteiger partial charge in [-0.15, -0.1) is 0 Å². The van der Waals surface area contributed by atoms with Crippen LogP contribution in [0.4, 0.5) is 0 Å². The Kier molecular flexibility index (Phi) is 3.22. The molecule has 0 spiro atoms. The predicted molar refractivity (Wildman–Crippen MR) is 42.1 cm³/mol. The maximum absolute atomic E-state index is 11.1. The van der Waals surface area contributed by atoms with Crippen LogP contribution in [0.3, 0.4) is 0 Å². The molecule has 58 valence electrons. The first-order valence-corrected chi connectivity index (χ1v) is 4.58. The lowest BCUT2D eigenvalue weighted by Gasteiger charge is -2.18. The lowest BCUT2D eigenvalue weighted by molar-refractivity contribution is -0.123.